The molecule has 23 heavy (non-hydrogen) atoms. The molecule has 0 spiro atoms. The predicted molar refractivity (Wildman–Crippen MR) is 80.9 cm³/mol. The lowest BCUT2D eigenvalue weighted by atomic mass is 10.2. The van der Waals surface area contributed by atoms with Gasteiger partial charge >= 0.3 is 5.97 Å². The van der Waals surface area contributed by atoms with Crippen molar-refractivity contribution >= 4 is 15.8 Å². The molecular weight excluding hydrogens is 324 g/mol. The number of aromatic carboxylic acids is 1. The van der Waals surface area contributed by atoms with E-state index in [4.69, 9.17) is 10.8 Å². The van der Waals surface area contributed by atoms with E-state index in [1.54, 1.807) is 6.07 Å². The van der Waals surface area contributed by atoms with Crippen molar-refractivity contribution in [3.05, 3.63) is 58.0 Å². The molecule has 0 radical (unpaired) electrons. The fourth-order valence-electron chi connectivity index (χ4n) is 2.14. The second-order valence-electron chi connectivity index (χ2n) is 4.77. The second-order valence-corrected chi connectivity index (χ2v) is 6.84. The van der Waals surface area contributed by atoms with Gasteiger partial charge in [-0.3, -0.25) is 4.79 Å². The maximum absolute atomic E-state index is 12.5. The molecule has 1 aromatic carbocycles. The highest BCUT2D eigenvalue weighted by atomic mass is 32.2. The molecule has 2 rings (SSSR count). The highest BCUT2D eigenvalue weighted by molar-refractivity contribution is 7.91. The first-order valence-electron chi connectivity index (χ1n) is 6.38. The predicted octanol–water partition coefficient (Wildman–Crippen LogP) is 0.220. The summed E-state index contributed by atoms with van der Waals surface area (Å²) < 4.78 is 25.9. The Morgan fingerprint density at radius 3 is 2.35 bits per heavy atom. The Hall–Kier alpha value is -2.65. The molecule has 1 heterocycles. The Kier molecular flexibility index (Phi) is 4.26. The fourth-order valence-corrected chi connectivity index (χ4v) is 3.51. The number of aromatic nitrogens is 1. The van der Waals surface area contributed by atoms with Crippen LogP contribution < -0.4 is 11.2 Å². The van der Waals surface area contributed by atoms with E-state index in [0.717, 1.165) is 10.6 Å². The quantitative estimate of drug-likeness (QED) is 0.724. The molecular formula is C14H14N2O6S. The van der Waals surface area contributed by atoms with Gasteiger partial charge in [-0.25, -0.2) is 13.2 Å². The van der Waals surface area contributed by atoms with Gasteiger partial charge < -0.3 is 20.5 Å². The van der Waals surface area contributed by atoms with Crippen molar-refractivity contribution in [1.29, 1.82) is 0 Å². The zero-order chi connectivity index (χ0) is 17.4. The van der Waals surface area contributed by atoms with Gasteiger partial charge in [0.25, 0.3) is 0 Å². The number of carboxylic acid groups (broad SMARTS) is 1. The van der Waals surface area contributed by atoms with Gasteiger partial charge in [0.15, 0.2) is 26.7 Å². The number of nitrogens with two attached hydrogens (primary N) is 1. The summed E-state index contributed by atoms with van der Waals surface area (Å²) in [5, 5.41) is 17.0. The lowest BCUT2D eigenvalue weighted by Crippen LogP contribution is -2.29. The Bertz CT molecular complexity index is 918. The summed E-state index contributed by atoms with van der Waals surface area (Å²) >= 11 is 0. The van der Waals surface area contributed by atoms with E-state index in [2.05, 4.69) is 0 Å². The molecule has 122 valence electrons. The molecule has 0 saturated heterocycles. The largest absolute Gasteiger partial charge is 0.502 e. The summed E-state index contributed by atoms with van der Waals surface area (Å²) in [5.74, 6) is -2.55. The van der Waals surface area contributed by atoms with E-state index < -0.39 is 38.1 Å². The van der Waals surface area contributed by atoms with Crippen molar-refractivity contribution in [2.45, 2.75) is 10.3 Å². The minimum atomic E-state index is -4.04. The molecule has 8 nitrogen and oxygen atoms in total. The number of nitrogens with zero attached hydrogens (tertiary/aromatic N) is 1. The molecule has 0 amide bonds. The molecule has 9 heteroatoms. The van der Waals surface area contributed by atoms with E-state index in [9.17, 15) is 23.1 Å². The third-order valence-corrected chi connectivity index (χ3v) is 5.20. The van der Waals surface area contributed by atoms with Crippen molar-refractivity contribution in [2.24, 2.45) is 12.8 Å². The van der Waals surface area contributed by atoms with E-state index in [1.807, 2.05) is 0 Å². The smallest absolute Gasteiger partial charge is 0.356 e. The number of pyridine rings is 1. The Balaban J connectivity index is 2.68. The number of hydrogen-bond donors (Lipinski definition) is 3. The summed E-state index contributed by atoms with van der Waals surface area (Å²) in [6, 6.07) is 8.14. The lowest BCUT2D eigenvalue weighted by molar-refractivity contribution is 0.0680. The highest BCUT2D eigenvalue weighted by Crippen LogP contribution is 2.25. The van der Waals surface area contributed by atoms with Gasteiger partial charge in [0.1, 0.15) is 0 Å². The molecule has 2 aromatic rings. The van der Waals surface area contributed by atoms with Crippen LogP contribution in [-0.2, 0) is 16.9 Å². The van der Waals surface area contributed by atoms with Crippen molar-refractivity contribution < 1.29 is 23.4 Å². The van der Waals surface area contributed by atoms with Crippen LogP contribution >= 0.6 is 0 Å². The zero-order valence-electron chi connectivity index (χ0n) is 12.0. The van der Waals surface area contributed by atoms with Crippen LogP contribution in [0.4, 0.5) is 0 Å². The van der Waals surface area contributed by atoms with Gasteiger partial charge in [-0.05, 0) is 12.1 Å². The number of carbonyl (C=O) groups is 1. The van der Waals surface area contributed by atoms with Crippen LogP contribution in [0.25, 0.3) is 0 Å². The van der Waals surface area contributed by atoms with E-state index >= 15 is 0 Å². The first-order chi connectivity index (χ1) is 10.7. The minimum absolute atomic E-state index is 0.0649. The Morgan fingerprint density at radius 2 is 1.83 bits per heavy atom. The zero-order valence-corrected chi connectivity index (χ0v) is 12.8. The molecule has 0 aliphatic carbocycles. The molecule has 0 fully saturated rings. The maximum atomic E-state index is 12.5. The molecule has 1 atom stereocenters. The van der Waals surface area contributed by atoms with Crippen molar-refractivity contribution in [1.82, 2.24) is 4.57 Å². The van der Waals surface area contributed by atoms with Crippen molar-refractivity contribution in [3.63, 3.8) is 0 Å². The van der Waals surface area contributed by atoms with Crippen molar-refractivity contribution in [2.75, 3.05) is 0 Å². The summed E-state index contributed by atoms with van der Waals surface area (Å²) in [7, 11) is -2.84. The molecule has 0 bridgehead atoms. The molecule has 1 unspecified atom stereocenters. The number of hydrogen-bond acceptors (Lipinski definition) is 6. The first kappa shape index (κ1) is 16.7. The standard InChI is InChI=1S/C14H14N2O6S/c1-16-9(7-10(17)12(18)11(16)14(19)20)13(15)23(21,22)8-5-3-2-4-6-8/h2-7,13,18H,15H2,1H3,(H,19,20). The number of carboxylic acids is 1. The lowest BCUT2D eigenvalue weighted by Gasteiger charge is -2.19. The van der Waals surface area contributed by atoms with Crippen LogP contribution in [-0.4, -0.2) is 29.2 Å². The third-order valence-electron chi connectivity index (χ3n) is 3.36. The Morgan fingerprint density at radius 1 is 1.26 bits per heavy atom. The molecule has 0 aliphatic rings. The summed E-state index contributed by atoms with van der Waals surface area (Å²) in [6.45, 7) is 0. The second kappa shape index (κ2) is 5.86. The van der Waals surface area contributed by atoms with Gasteiger partial charge in [-0.1, -0.05) is 18.2 Å². The number of benzene rings is 1. The summed E-state index contributed by atoms with van der Waals surface area (Å²) in [4.78, 5) is 22.8. The number of rotatable bonds is 4. The monoisotopic (exact) mass is 338 g/mol. The average molecular weight is 338 g/mol. The summed E-state index contributed by atoms with van der Waals surface area (Å²) in [5.41, 5.74) is 3.78. The van der Waals surface area contributed by atoms with E-state index in [0.29, 0.717) is 0 Å². The van der Waals surface area contributed by atoms with Gasteiger partial charge in [-0.15, -0.1) is 0 Å². The number of sulfone groups is 1. The van der Waals surface area contributed by atoms with Crippen LogP contribution in [0.2, 0.25) is 0 Å². The minimum Gasteiger partial charge on any atom is -0.502 e. The molecule has 1 aromatic heterocycles. The van der Waals surface area contributed by atoms with Gasteiger partial charge in [0, 0.05) is 13.1 Å². The van der Waals surface area contributed by atoms with Gasteiger partial charge in [0.2, 0.25) is 5.43 Å². The highest BCUT2D eigenvalue weighted by Gasteiger charge is 2.30. The van der Waals surface area contributed by atoms with Crippen LogP contribution in [0.15, 0.2) is 46.1 Å². The SMILES string of the molecule is Cn1c(C(N)S(=O)(=O)c2ccccc2)cc(=O)c(O)c1C(=O)O. The number of aromatic hydroxyl groups is 1. The summed E-state index contributed by atoms with van der Waals surface area (Å²) in [6.07, 6.45) is 0. The first-order valence-corrected chi connectivity index (χ1v) is 7.93. The molecule has 4 N–H and O–H groups in total. The van der Waals surface area contributed by atoms with Gasteiger partial charge in [-0.2, -0.15) is 0 Å². The van der Waals surface area contributed by atoms with Crippen LogP contribution in [0.5, 0.6) is 5.75 Å². The molecule has 0 saturated carbocycles. The topological polar surface area (TPSA) is 140 Å². The third kappa shape index (κ3) is 2.83. The van der Waals surface area contributed by atoms with Crippen LogP contribution in [0.1, 0.15) is 21.6 Å². The maximum Gasteiger partial charge on any atom is 0.356 e. The average Bonchev–Trinajstić information content (AvgIpc) is 2.51. The molecule has 0 aliphatic heterocycles. The van der Waals surface area contributed by atoms with Crippen molar-refractivity contribution in [3.8, 4) is 5.75 Å². The normalized spacial score (nSPS) is 12.8. The van der Waals surface area contributed by atoms with Crippen LogP contribution in [0.3, 0.4) is 0 Å². The Labute approximate surface area is 131 Å². The van der Waals surface area contributed by atoms with Gasteiger partial charge in [0.05, 0.1) is 10.6 Å². The fraction of sp³-hybridized carbons (Fsp3) is 0.143. The van der Waals surface area contributed by atoms with Crippen LogP contribution in [0, 0.1) is 0 Å². The van der Waals surface area contributed by atoms with E-state index in [1.165, 1.54) is 31.3 Å². The van der Waals surface area contributed by atoms with E-state index in [-0.39, 0.29) is 10.6 Å².